The van der Waals surface area contributed by atoms with Crippen molar-refractivity contribution in [1.82, 2.24) is 15.1 Å². The van der Waals surface area contributed by atoms with E-state index in [2.05, 4.69) is 10.4 Å². The summed E-state index contributed by atoms with van der Waals surface area (Å²) in [5.74, 6) is -1.33. The molecule has 6 nitrogen and oxygen atoms in total. The molecule has 2 aromatic rings. The second-order valence-electron chi connectivity index (χ2n) is 4.67. The number of amides is 1. The number of aryl methyl sites for hydroxylation is 1. The first kappa shape index (κ1) is 14.8. The molecule has 21 heavy (non-hydrogen) atoms. The maximum atomic E-state index is 11.8. The first-order valence-corrected chi connectivity index (χ1v) is 6.68. The van der Waals surface area contributed by atoms with E-state index >= 15 is 0 Å². The molecule has 0 saturated carbocycles. The molecule has 0 radical (unpaired) electrons. The standard InChI is InChI=1S/C15H17N3O3/c19-14(7-10-18-9-4-8-16-18)17-13(15(20)21)11-12-5-2-1-3-6-12/h1-6,8-9,13H,7,10-11H2,(H,17,19)(H,20,21)/t13-/m1/s1. The van der Waals surface area contributed by atoms with Gasteiger partial charge in [-0.25, -0.2) is 4.79 Å². The Morgan fingerprint density at radius 3 is 2.62 bits per heavy atom. The SMILES string of the molecule is O=C(CCn1cccn1)N[C@H](Cc1ccccc1)C(=O)O. The molecule has 1 heterocycles. The van der Waals surface area contributed by atoms with E-state index in [1.807, 2.05) is 30.3 Å². The van der Waals surface area contributed by atoms with E-state index in [1.165, 1.54) is 0 Å². The predicted molar refractivity (Wildman–Crippen MR) is 76.6 cm³/mol. The van der Waals surface area contributed by atoms with Gasteiger partial charge in [0, 0.05) is 31.8 Å². The molecule has 0 bridgehead atoms. The fourth-order valence-corrected chi connectivity index (χ4v) is 1.97. The predicted octanol–water partition coefficient (Wildman–Crippen LogP) is 1.09. The Kier molecular flexibility index (Phi) is 5.09. The van der Waals surface area contributed by atoms with Crippen LogP contribution in [0.25, 0.3) is 0 Å². The molecule has 0 saturated heterocycles. The van der Waals surface area contributed by atoms with E-state index in [4.69, 9.17) is 0 Å². The van der Waals surface area contributed by atoms with E-state index in [1.54, 1.807) is 23.1 Å². The molecule has 6 heteroatoms. The molecule has 0 aliphatic heterocycles. The highest BCUT2D eigenvalue weighted by Gasteiger charge is 2.20. The van der Waals surface area contributed by atoms with Crippen LogP contribution in [0.5, 0.6) is 0 Å². The molecular weight excluding hydrogens is 270 g/mol. The van der Waals surface area contributed by atoms with Gasteiger partial charge in [-0.3, -0.25) is 9.48 Å². The van der Waals surface area contributed by atoms with E-state index in [0.29, 0.717) is 6.54 Å². The van der Waals surface area contributed by atoms with Crippen LogP contribution in [0, 0.1) is 0 Å². The van der Waals surface area contributed by atoms with Crippen molar-refractivity contribution < 1.29 is 14.7 Å². The quantitative estimate of drug-likeness (QED) is 0.798. The molecule has 1 amide bonds. The highest BCUT2D eigenvalue weighted by Crippen LogP contribution is 2.04. The zero-order valence-corrected chi connectivity index (χ0v) is 11.5. The summed E-state index contributed by atoms with van der Waals surface area (Å²) in [7, 11) is 0. The van der Waals surface area contributed by atoms with Crippen molar-refractivity contribution >= 4 is 11.9 Å². The van der Waals surface area contributed by atoms with E-state index in [-0.39, 0.29) is 18.7 Å². The summed E-state index contributed by atoms with van der Waals surface area (Å²) in [5.41, 5.74) is 0.872. The van der Waals surface area contributed by atoms with Crippen LogP contribution in [-0.2, 0) is 22.6 Å². The maximum Gasteiger partial charge on any atom is 0.326 e. The minimum Gasteiger partial charge on any atom is -0.480 e. The number of nitrogens with zero attached hydrogens (tertiary/aromatic N) is 2. The van der Waals surface area contributed by atoms with Crippen LogP contribution in [0.3, 0.4) is 0 Å². The number of carbonyl (C=O) groups excluding carboxylic acids is 1. The van der Waals surface area contributed by atoms with Gasteiger partial charge < -0.3 is 10.4 Å². The van der Waals surface area contributed by atoms with Crippen molar-refractivity contribution in [2.45, 2.75) is 25.4 Å². The fourth-order valence-electron chi connectivity index (χ4n) is 1.97. The van der Waals surface area contributed by atoms with Gasteiger partial charge in [0.05, 0.1) is 0 Å². The van der Waals surface area contributed by atoms with E-state index < -0.39 is 12.0 Å². The van der Waals surface area contributed by atoms with Gasteiger partial charge in [-0.05, 0) is 11.6 Å². The molecule has 0 fully saturated rings. The molecule has 1 atom stereocenters. The van der Waals surface area contributed by atoms with Gasteiger partial charge >= 0.3 is 5.97 Å². The lowest BCUT2D eigenvalue weighted by Gasteiger charge is -2.14. The number of hydrogen-bond donors (Lipinski definition) is 2. The third kappa shape index (κ3) is 4.76. The lowest BCUT2D eigenvalue weighted by Crippen LogP contribution is -2.42. The highest BCUT2D eigenvalue weighted by molar-refractivity contribution is 5.83. The second-order valence-corrected chi connectivity index (χ2v) is 4.67. The summed E-state index contributed by atoms with van der Waals surface area (Å²) in [6.45, 7) is 0.427. The molecular formula is C15H17N3O3. The Morgan fingerprint density at radius 1 is 1.24 bits per heavy atom. The number of carbonyl (C=O) groups is 2. The molecule has 2 rings (SSSR count). The Balaban J connectivity index is 1.87. The number of hydrogen-bond acceptors (Lipinski definition) is 3. The third-order valence-corrected chi connectivity index (χ3v) is 3.04. The average Bonchev–Trinajstić information content (AvgIpc) is 2.99. The smallest absolute Gasteiger partial charge is 0.326 e. The lowest BCUT2D eigenvalue weighted by molar-refractivity contribution is -0.141. The van der Waals surface area contributed by atoms with Gasteiger partial charge in [0.2, 0.25) is 5.91 Å². The lowest BCUT2D eigenvalue weighted by atomic mass is 10.1. The van der Waals surface area contributed by atoms with Gasteiger partial charge in [-0.2, -0.15) is 5.10 Å². The summed E-state index contributed by atoms with van der Waals surface area (Å²) < 4.78 is 1.63. The molecule has 1 aromatic heterocycles. The van der Waals surface area contributed by atoms with Crippen LogP contribution in [0.4, 0.5) is 0 Å². The summed E-state index contributed by atoms with van der Waals surface area (Å²) in [6.07, 6.45) is 3.85. The molecule has 2 N–H and O–H groups in total. The zero-order valence-electron chi connectivity index (χ0n) is 11.5. The van der Waals surface area contributed by atoms with Crippen molar-refractivity contribution in [3.8, 4) is 0 Å². The number of aromatic nitrogens is 2. The van der Waals surface area contributed by atoms with Crippen molar-refractivity contribution in [2.24, 2.45) is 0 Å². The molecule has 0 aliphatic rings. The maximum absolute atomic E-state index is 11.8. The number of carboxylic acid groups (broad SMARTS) is 1. The van der Waals surface area contributed by atoms with E-state index in [0.717, 1.165) is 5.56 Å². The van der Waals surface area contributed by atoms with Crippen molar-refractivity contribution in [3.05, 3.63) is 54.4 Å². The molecule has 1 aromatic carbocycles. The molecule has 0 spiro atoms. The van der Waals surface area contributed by atoms with Crippen molar-refractivity contribution in [3.63, 3.8) is 0 Å². The largest absolute Gasteiger partial charge is 0.480 e. The second kappa shape index (κ2) is 7.23. The number of benzene rings is 1. The first-order chi connectivity index (χ1) is 10.1. The van der Waals surface area contributed by atoms with Gasteiger partial charge in [0.1, 0.15) is 6.04 Å². The topological polar surface area (TPSA) is 84.2 Å². The van der Waals surface area contributed by atoms with Gasteiger partial charge in [0.15, 0.2) is 0 Å². The third-order valence-electron chi connectivity index (χ3n) is 3.04. The first-order valence-electron chi connectivity index (χ1n) is 6.68. The molecule has 0 aliphatic carbocycles. The fraction of sp³-hybridized carbons (Fsp3) is 0.267. The van der Waals surface area contributed by atoms with E-state index in [9.17, 15) is 14.7 Å². The van der Waals surface area contributed by atoms with Crippen LogP contribution < -0.4 is 5.32 Å². The molecule has 0 unspecified atom stereocenters. The average molecular weight is 287 g/mol. The Labute approximate surface area is 122 Å². The molecule has 110 valence electrons. The Morgan fingerprint density at radius 2 is 2.00 bits per heavy atom. The van der Waals surface area contributed by atoms with Crippen LogP contribution in [0.2, 0.25) is 0 Å². The summed E-state index contributed by atoms with van der Waals surface area (Å²) in [4.78, 5) is 23.1. The summed E-state index contributed by atoms with van der Waals surface area (Å²) in [5, 5.41) is 15.7. The minimum atomic E-state index is -1.04. The number of rotatable bonds is 7. The minimum absolute atomic E-state index is 0.195. The normalized spacial score (nSPS) is 11.8. The van der Waals surface area contributed by atoms with Crippen LogP contribution >= 0.6 is 0 Å². The van der Waals surface area contributed by atoms with Gasteiger partial charge in [0.25, 0.3) is 0 Å². The Bertz CT molecular complexity index is 581. The summed E-state index contributed by atoms with van der Waals surface area (Å²) >= 11 is 0. The number of carboxylic acids is 1. The monoisotopic (exact) mass is 287 g/mol. The van der Waals surface area contributed by atoms with Gasteiger partial charge in [-0.1, -0.05) is 30.3 Å². The number of aliphatic carboxylic acids is 1. The zero-order chi connectivity index (χ0) is 15.1. The van der Waals surface area contributed by atoms with Crippen LogP contribution in [-0.4, -0.2) is 32.8 Å². The highest BCUT2D eigenvalue weighted by atomic mass is 16.4. The van der Waals surface area contributed by atoms with Crippen LogP contribution in [0.15, 0.2) is 48.8 Å². The Hall–Kier alpha value is -2.63. The van der Waals surface area contributed by atoms with Crippen molar-refractivity contribution in [1.29, 1.82) is 0 Å². The van der Waals surface area contributed by atoms with Gasteiger partial charge in [-0.15, -0.1) is 0 Å². The van der Waals surface area contributed by atoms with Crippen LogP contribution in [0.1, 0.15) is 12.0 Å². The summed E-state index contributed by atoms with van der Waals surface area (Å²) in [6, 6.07) is 10.1. The van der Waals surface area contributed by atoms with Crippen molar-refractivity contribution in [2.75, 3.05) is 0 Å². The number of nitrogens with one attached hydrogen (secondary N) is 1.